The zero-order chi connectivity index (χ0) is 13.3. The molecule has 0 aliphatic rings. The molecule has 0 unspecified atom stereocenters. The zero-order valence-electron chi connectivity index (χ0n) is 9.75. The number of fused-ring (bicyclic) bond motifs is 1. The van der Waals surface area contributed by atoms with Crippen LogP contribution in [-0.2, 0) is 0 Å². The standard InChI is InChI=1S/C11H10Cl2FN3O/c1-5(2)4-18-10-6-3-15-9(12)7(14)8(6)16-11(13)17-10/h3,5H,4H2,1-2H3. The Labute approximate surface area is 113 Å². The SMILES string of the molecule is CC(C)COc1nc(Cl)nc2c(F)c(Cl)ncc12. The van der Waals surface area contributed by atoms with Crippen LogP contribution in [0, 0.1) is 11.7 Å². The number of rotatable bonds is 3. The average molecular weight is 290 g/mol. The Hall–Kier alpha value is -1.20. The molecule has 2 rings (SSSR count). The van der Waals surface area contributed by atoms with Crippen LogP contribution in [0.2, 0.25) is 10.4 Å². The number of hydrogen-bond acceptors (Lipinski definition) is 4. The maximum absolute atomic E-state index is 13.8. The largest absolute Gasteiger partial charge is 0.477 e. The van der Waals surface area contributed by atoms with Gasteiger partial charge in [-0.05, 0) is 17.5 Å². The number of aromatic nitrogens is 3. The van der Waals surface area contributed by atoms with Crippen LogP contribution in [0.4, 0.5) is 4.39 Å². The molecule has 7 heteroatoms. The smallest absolute Gasteiger partial charge is 0.227 e. The monoisotopic (exact) mass is 289 g/mol. The van der Waals surface area contributed by atoms with E-state index in [4.69, 9.17) is 27.9 Å². The first-order valence-electron chi connectivity index (χ1n) is 5.29. The van der Waals surface area contributed by atoms with Gasteiger partial charge in [-0.1, -0.05) is 25.4 Å². The second kappa shape index (κ2) is 5.20. The minimum absolute atomic E-state index is 0.00811. The predicted octanol–water partition coefficient (Wildman–Crippen LogP) is 3.51. The highest BCUT2D eigenvalue weighted by molar-refractivity contribution is 6.30. The minimum Gasteiger partial charge on any atom is -0.477 e. The summed E-state index contributed by atoms with van der Waals surface area (Å²) in [5, 5.41) is -0.00329. The topological polar surface area (TPSA) is 47.9 Å². The summed E-state index contributed by atoms with van der Waals surface area (Å²) >= 11 is 11.3. The van der Waals surface area contributed by atoms with Crippen LogP contribution < -0.4 is 4.74 Å². The molecule has 0 radical (unpaired) electrons. The van der Waals surface area contributed by atoms with Crippen molar-refractivity contribution in [3.63, 3.8) is 0 Å². The molecule has 18 heavy (non-hydrogen) atoms. The summed E-state index contributed by atoms with van der Waals surface area (Å²) < 4.78 is 19.2. The molecule has 4 nitrogen and oxygen atoms in total. The number of nitrogens with zero attached hydrogens (tertiary/aromatic N) is 3. The first kappa shape index (κ1) is 13.2. The van der Waals surface area contributed by atoms with Crippen molar-refractivity contribution in [2.45, 2.75) is 13.8 Å². The van der Waals surface area contributed by atoms with Crippen molar-refractivity contribution in [3.05, 3.63) is 22.5 Å². The third kappa shape index (κ3) is 2.62. The normalized spacial score (nSPS) is 11.2. The van der Waals surface area contributed by atoms with E-state index in [-0.39, 0.29) is 21.8 Å². The molecular formula is C11H10Cl2FN3O. The first-order chi connectivity index (χ1) is 8.49. The van der Waals surface area contributed by atoms with Crippen LogP contribution in [0.25, 0.3) is 10.9 Å². The Morgan fingerprint density at radius 1 is 1.33 bits per heavy atom. The van der Waals surface area contributed by atoms with Gasteiger partial charge in [0.1, 0.15) is 5.52 Å². The second-order valence-corrected chi connectivity index (χ2v) is 4.82. The molecule has 2 heterocycles. The van der Waals surface area contributed by atoms with E-state index >= 15 is 0 Å². The van der Waals surface area contributed by atoms with Crippen LogP contribution in [-0.4, -0.2) is 21.6 Å². The maximum atomic E-state index is 13.8. The Morgan fingerprint density at radius 2 is 2.06 bits per heavy atom. The van der Waals surface area contributed by atoms with Crippen LogP contribution in [0.3, 0.4) is 0 Å². The van der Waals surface area contributed by atoms with E-state index in [0.29, 0.717) is 17.9 Å². The van der Waals surface area contributed by atoms with Crippen molar-refractivity contribution in [2.24, 2.45) is 5.92 Å². The van der Waals surface area contributed by atoms with Gasteiger partial charge < -0.3 is 4.74 Å². The highest BCUT2D eigenvalue weighted by Crippen LogP contribution is 2.28. The third-order valence-electron chi connectivity index (χ3n) is 2.13. The zero-order valence-corrected chi connectivity index (χ0v) is 11.3. The van der Waals surface area contributed by atoms with Crippen molar-refractivity contribution in [2.75, 3.05) is 6.61 Å². The molecule has 0 N–H and O–H groups in total. The van der Waals surface area contributed by atoms with Gasteiger partial charge in [0.25, 0.3) is 0 Å². The quantitative estimate of drug-likeness (QED) is 0.641. The second-order valence-electron chi connectivity index (χ2n) is 4.13. The van der Waals surface area contributed by atoms with Crippen LogP contribution in [0.15, 0.2) is 6.20 Å². The highest BCUT2D eigenvalue weighted by atomic mass is 35.5. The van der Waals surface area contributed by atoms with E-state index in [1.165, 1.54) is 6.20 Å². The lowest BCUT2D eigenvalue weighted by atomic mass is 10.2. The molecule has 0 aromatic carbocycles. The predicted molar refractivity (Wildman–Crippen MR) is 67.6 cm³/mol. The number of ether oxygens (including phenoxy) is 1. The summed E-state index contributed by atoms with van der Waals surface area (Å²) in [5.41, 5.74) is 0.00811. The van der Waals surface area contributed by atoms with Gasteiger partial charge in [0.2, 0.25) is 11.2 Å². The fraction of sp³-hybridized carbons (Fsp3) is 0.364. The fourth-order valence-corrected chi connectivity index (χ4v) is 1.64. The summed E-state index contributed by atoms with van der Waals surface area (Å²) in [4.78, 5) is 11.4. The number of halogens is 3. The summed E-state index contributed by atoms with van der Waals surface area (Å²) in [6.45, 7) is 4.41. The van der Waals surface area contributed by atoms with E-state index < -0.39 is 5.82 Å². The summed E-state index contributed by atoms with van der Waals surface area (Å²) in [7, 11) is 0. The van der Waals surface area contributed by atoms with Gasteiger partial charge in [-0.2, -0.15) is 4.98 Å². The van der Waals surface area contributed by atoms with Gasteiger partial charge in [-0.25, -0.2) is 14.4 Å². The molecule has 2 aromatic heterocycles. The average Bonchev–Trinajstić information content (AvgIpc) is 2.31. The molecule has 0 atom stereocenters. The molecule has 0 saturated carbocycles. The Morgan fingerprint density at radius 3 is 2.72 bits per heavy atom. The van der Waals surface area contributed by atoms with Gasteiger partial charge in [0.15, 0.2) is 11.0 Å². The molecular weight excluding hydrogens is 280 g/mol. The van der Waals surface area contributed by atoms with Crippen molar-refractivity contribution in [1.82, 2.24) is 15.0 Å². The lowest BCUT2D eigenvalue weighted by Crippen LogP contribution is -2.07. The molecule has 0 aliphatic carbocycles. The molecule has 0 bridgehead atoms. The van der Waals surface area contributed by atoms with Gasteiger partial charge >= 0.3 is 0 Å². The molecule has 0 spiro atoms. The lowest BCUT2D eigenvalue weighted by molar-refractivity contribution is 0.264. The number of pyridine rings is 1. The molecule has 0 aliphatic heterocycles. The van der Waals surface area contributed by atoms with Gasteiger partial charge in [0, 0.05) is 6.20 Å². The lowest BCUT2D eigenvalue weighted by Gasteiger charge is -2.10. The molecule has 96 valence electrons. The first-order valence-corrected chi connectivity index (χ1v) is 6.04. The molecule has 2 aromatic rings. The van der Waals surface area contributed by atoms with Crippen molar-refractivity contribution < 1.29 is 9.13 Å². The Bertz CT molecular complexity index is 592. The van der Waals surface area contributed by atoms with E-state index in [1.54, 1.807) is 0 Å². The van der Waals surface area contributed by atoms with Crippen molar-refractivity contribution >= 4 is 34.1 Å². The number of hydrogen-bond donors (Lipinski definition) is 0. The van der Waals surface area contributed by atoms with Crippen molar-refractivity contribution in [1.29, 1.82) is 0 Å². The van der Waals surface area contributed by atoms with Gasteiger partial charge in [-0.15, -0.1) is 0 Å². The summed E-state index contributed by atoms with van der Waals surface area (Å²) in [5.74, 6) is -0.214. The van der Waals surface area contributed by atoms with Crippen LogP contribution in [0.1, 0.15) is 13.8 Å². The third-order valence-corrected chi connectivity index (χ3v) is 2.57. The van der Waals surface area contributed by atoms with E-state index in [0.717, 1.165) is 0 Å². The molecule has 0 amide bonds. The fourth-order valence-electron chi connectivity index (χ4n) is 1.34. The van der Waals surface area contributed by atoms with E-state index in [1.807, 2.05) is 13.8 Å². The van der Waals surface area contributed by atoms with E-state index in [2.05, 4.69) is 15.0 Å². The maximum Gasteiger partial charge on any atom is 0.227 e. The summed E-state index contributed by atoms with van der Waals surface area (Å²) in [6.07, 6.45) is 1.37. The van der Waals surface area contributed by atoms with Crippen LogP contribution in [0.5, 0.6) is 5.88 Å². The van der Waals surface area contributed by atoms with Crippen molar-refractivity contribution in [3.8, 4) is 5.88 Å². The Balaban J connectivity index is 2.56. The molecule has 0 fully saturated rings. The summed E-state index contributed by atoms with van der Waals surface area (Å²) in [6, 6.07) is 0. The van der Waals surface area contributed by atoms with Gasteiger partial charge in [-0.3, -0.25) is 0 Å². The minimum atomic E-state index is -0.729. The van der Waals surface area contributed by atoms with Gasteiger partial charge in [0.05, 0.1) is 12.0 Å². The van der Waals surface area contributed by atoms with Crippen LogP contribution >= 0.6 is 23.2 Å². The highest BCUT2D eigenvalue weighted by Gasteiger charge is 2.15. The Kier molecular flexibility index (Phi) is 3.82. The van der Waals surface area contributed by atoms with E-state index in [9.17, 15) is 4.39 Å². The molecule has 0 saturated heterocycles.